The molecule has 0 saturated heterocycles. The van der Waals surface area contributed by atoms with Crippen LogP contribution in [-0.4, -0.2) is 22.8 Å². The van der Waals surface area contributed by atoms with E-state index in [-0.39, 0.29) is 0 Å². The minimum atomic E-state index is 1.06. The minimum absolute atomic E-state index is 1.06. The molecule has 456 valence electrons. The van der Waals surface area contributed by atoms with Crippen LogP contribution in [0.5, 0.6) is 0 Å². The van der Waals surface area contributed by atoms with E-state index in [1.807, 2.05) is 208 Å². The molecule has 2 aromatic carbocycles. The second kappa shape index (κ2) is 99.0. The van der Waals surface area contributed by atoms with Crippen molar-refractivity contribution in [3.05, 3.63) is 154 Å². The summed E-state index contributed by atoms with van der Waals surface area (Å²) in [5.41, 5.74) is 12.0. The van der Waals surface area contributed by atoms with E-state index in [1.54, 1.807) is 22.3 Å². The maximum absolute atomic E-state index is 2.26. The van der Waals surface area contributed by atoms with Crippen LogP contribution < -0.4 is 9.13 Å². The Hall–Kier alpha value is -2.38. The summed E-state index contributed by atoms with van der Waals surface area (Å²) in [5.74, 6) is 3.53. The zero-order valence-electron chi connectivity index (χ0n) is 58.1. The van der Waals surface area contributed by atoms with E-state index in [0.29, 0.717) is 0 Å². The third-order valence-corrected chi connectivity index (χ3v) is 13.8. The van der Waals surface area contributed by atoms with E-state index in [0.717, 1.165) is 12.4 Å². The van der Waals surface area contributed by atoms with Gasteiger partial charge in [-0.25, -0.2) is 4.57 Å². The lowest BCUT2D eigenvalue weighted by Crippen LogP contribution is -2.30. The van der Waals surface area contributed by atoms with Gasteiger partial charge in [0.2, 0.25) is 0 Å². The van der Waals surface area contributed by atoms with E-state index in [4.69, 9.17) is 0 Å². The zero-order valence-corrected chi connectivity index (χ0v) is 61.4. The monoisotopic (exact) mass is 1150 g/mol. The van der Waals surface area contributed by atoms with Crippen molar-refractivity contribution in [2.45, 2.75) is 278 Å². The fourth-order valence-electron chi connectivity index (χ4n) is 4.91. The first-order valence-corrected chi connectivity index (χ1v) is 36.1. The number of rotatable bonds is 8. The van der Waals surface area contributed by atoms with Crippen LogP contribution in [-0.2, 0) is 38.1 Å². The fraction of sp³-hybridized carbons (Fsp3) is 0.634. The molecular formula is C71H140N2S4+2. The maximum atomic E-state index is 2.26. The SMILES string of the molecule is CC.CC.CC.CC.CC.CC.CC.CC.CC.CC.CC(C)=C(C)C.CC(C)=C(C)C.CCSSCC.CC[n+]1ccccc1.CSCSC[n+]1ccccc1.c1ccc2c(c1)CCCC2.c1ccc2c(c1)CCCC2. The number of aromatic nitrogens is 2. The van der Waals surface area contributed by atoms with Crippen LogP contribution in [0.3, 0.4) is 0 Å². The number of benzene rings is 2. The Balaban J connectivity index is -0.0000000701. The number of nitrogens with zero attached hydrogens (tertiary/aromatic N) is 2. The van der Waals surface area contributed by atoms with Gasteiger partial charge in [-0.1, -0.05) is 269 Å². The second-order valence-corrected chi connectivity index (χ2v) is 19.8. The number of fused-ring (bicyclic) bond motifs is 2. The van der Waals surface area contributed by atoms with Crippen molar-refractivity contribution in [1.29, 1.82) is 0 Å². The highest BCUT2D eigenvalue weighted by atomic mass is 33.1. The van der Waals surface area contributed by atoms with E-state index >= 15 is 0 Å². The lowest BCUT2D eigenvalue weighted by Gasteiger charge is -2.13. The summed E-state index contributed by atoms with van der Waals surface area (Å²) in [7, 11) is 3.85. The molecule has 2 aliphatic carbocycles. The molecule has 0 N–H and O–H groups in total. The van der Waals surface area contributed by atoms with Crippen LogP contribution in [0.25, 0.3) is 0 Å². The van der Waals surface area contributed by atoms with Crippen molar-refractivity contribution in [2.75, 3.05) is 22.8 Å². The van der Waals surface area contributed by atoms with Crippen molar-refractivity contribution < 1.29 is 9.13 Å². The number of hydrogen-bond donors (Lipinski definition) is 0. The number of pyridine rings is 2. The molecule has 6 rings (SSSR count). The van der Waals surface area contributed by atoms with Crippen LogP contribution in [0.2, 0.25) is 0 Å². The molecule has 0 aliphatic heterocycles. The summed E-state index contributed by atoms with van der Waals surface area (Å²) in [6, 6.07) is 29.8. The molecule has 2 nitrogen and oxygen atoms in total. The molecular weight excluding hydrogens is 1010 g/mol. The molecule has 0 bridgehead atoms. The average molecular weight is 1150 g/mol. The van der Waals surface area contributed by atoms with Crippen molar-refractivity contribution in [2.24, 2.45) is 0 Å². The number of allylic oxidation sites excluding steroid dienone is 4. The summed E-state index contributed by atoms with van der Waals surface area (Å²) >= 11 is 3.80. The Morgan fingerprint density at radius 1 is 0.351 bits per heavy atom. The molecule has 6 heteroatoms. The third kappa shape index (κ3) is 82.6. The highest BCUT2D eigenvalue weighted by Gasteiger charge is 2.07. The smallest absolute Gasteiger partial charge is 0.195 e. The summed E-state index contributed by atoms with van der Waals surface area (Å²) in [4.78, 5) is 0. The first-order chi connectivity index (χ1) is 37.5. The normalized spacial score (nSPS) is 9.35. The highest BCUT2D eigenvalue weighted by Crippen LogP contribution is 2.21. The van der Waals surface area contributed by atoms with E-state index in [1.165, 1.54) is 90.2 Å². The van der Waals surface area contributed by atoms with Gasteiger partial charge in [0, 0.05) is 40.9 Å². The molecule has 2 heterocycles. The Bertz CT molecular complexity index is 1420. The Morgan fingerprint density at radius 2 is 0.584 bits per heavy atom. The predicted octanol–water partition coefficient (Wildman–Crippen LogP) is 25.5. The first kappa shape index (κ1) is 99.9. The van der Waals surface area contributed by atoms with Gasteiger partial charge in [0.1, 0.15) is 6.54 Å². The maximum Gasteiger partial charge on any atom is 0.195 e. The van der Waals surface area contributed by atoms with Gasteiger partial charge in [0.25, 0.3) is 0 Å². The van der Waals surface area contributed by atoms with Gasteiger partial charge in [0.15, 0.2) is 30.7 Å². The molecule has 0 atom stereocenters. The first-order valence-electron chi connectivity index (χ1n) is 31.0. The number of hydrogen-bond acceptors (Lipinski definition) is 4. The van der Waals surface area contributed by atoms with Crippen LogP contribution in [0, 0.1) is 0 Å². The van der Waals surface area contributed by atoms with Crippen molar-refractivity contribution in [1.82, 2.24) is 0 Å². The van der Waals surface area contributed by atoms with Crippen molar-refractivity contribution in [3.8, 4) is 0 Å². The molecule has 0 amide bonds. The van der Waals surface area contributed by atoms with Gasteiger partial charge in [-0.15, -0.1) is 0 Å². The molecule has 0 fully saturated rings. The van der Waals surface area contributed by atoms with Gasteiger partial charge in [0.05, 0.1) is 0 Å². The summed E-state index contributed by atoms with van der Waals surface area (Å²) < 4.78 is 4.31. The standard InChI is InChI=1S/2C10H12.C8H12NS2.C7H10N.2C6H12.C4H10S2.10C2H6/c2*1-2-6-10-8-4-3-7-9(10)5-1;1-10-8-11-7-9-5-3-2-4-6-9;1-2-8-6-4-3-5-7-8;2*1-5(2)6(3)4;1-3-5-6-4-2;10*1-2/h2*1-2,5-6H,3-4,7-8H2;2-6H,7-8H2,1H3;3-7H,2H2,1H3;2*1-4H3;3-4H2,1-2H3;10*1-2H3/q;;2*+1;;;;;;;;;;;;;. The van der Waals surface area contributed by atoms with Gasteiger partial charge < -0.3 is 0 Å². The summed E-state index contributed by atoms with van der Waals surface area (Å²) in [5, 5.41) is 1.17. The molecule has 0 unspecified atom stereocenters. The van der Waals surface area contributed by atoms with Crippen LogP contribution in [0.15, 0.2) is 132 Å². The lowest BCUT2D eigenvalue weighted by molar-refractivity contribution is -0.693. The second-order valence-electron chi connectivity index (χ2n) is 14.6. The zero-order chi connectivity index (χ0) is 62.5. The van der Waals surface area contributed by atoms with Crippen molar-refractivity contribution in [3.63, 3.8) is 0 Å². The van der Waals surface area contributed by atoms with Crippen LogP contribution in [0.4, 0.5) is 0 Å². The van der Waals surface area contributed by atoms with E-state index < -0.39 is 0 Å². The molecule has 0 spiro atoms. The quantitative estimate of drug-likeness (QED) is 0.0571. The summed E-state index contributed by atoms with van der Waals surface area (Å²) in [6.45, 7) is 64.5. The van der Waals surface area contributed by atoms with Crippen LogP contribution in [0.1, 0.15) is 263 Å². The minimum Gasteiger partial charge on any atom is -0.205 e. The topological polar surface area (TPSA) is 7.76 Å². The molecule has 77 heavy (non-hydrogen) atoms. The van der Waals surface area contributed by atoms with Crippen molar-refractivity contribution >= 4 is 45.1 Å². The Labute approximate surface area is 506 Å². The third-order valence-electron chi connectivity index (χ3n) is 9.20. The summed E-state index contributed by atoms with van der Waals surface area (Å²) in [6.07, 6.45) is 21.2. The Morgan fingerprint density at radius 3 is 0.766 bits per heavy atom. The van der Waals surface area contributed by atoms with Gasteiger partial charge in [-0.2, -0.15) is 16.3 Å². The fourth-order valence-corrected chi connectivity index (χ4v) is 7.59. The molecule has 2 aromatic heterocycles. The predicted molar refractivity (Wildman–Crippen MR) is 380 cm³/mol. The Kier molecular flexibility index (Phi) is 128. The van der Waals surface area contributed by atoms with E-state index in [9.17, 15) is 0 Å². The number of thioether (sulfide) groups is 2. The van der Waals surface area contributed by atoms with Gasteiger partial charge >= 0.3 is 0 Å². The largest absolute Gasteiger partial charge is 0.205 e. The molecule has 0 radical (unpaired) electrons. The molecule has 4 aromatic rings. The van der Waals surface area contributed by atoms with Crippen LogP contribution >= 0.6 is 45.1 Å². The number of aryl methyl sites for hydroxylation is 5. The molecule has 0 saturated carbocycles. The van der Waals surface area contributed by atoms with Gasteiger partial charge in [-0.05, 0) is 142 Å². The van der Waals surface area contributed by atoms with Gasteiger partial charge in [-0.3, -0.25) is 0 Å². The highest BCUT2D eigenvalue weighted by molar-refractivity contribution is 8.76. The lowest BCUT2D eigenvalue weighted by atomic mass is 9.92. The molecule has 2 aliphatic rings. The average Bonchev–Trinajstić information content (AvgIpc) is 3.53. The van der Waals surface area contributed by atoms with E-state index in [2.05, 4.69) is 177 Å².